The largest absolute Gasteiger partial charge is 0.381 e. The van der Waals surface area contributed by atoms with Crippen LogP contribution in [0.1, 0.15) is 70.0 Å². The molecule has 1 saturated carbocycles. The van der Waals surface area contributed by atoms with E-state index in [0.717, 1.165) is 66.7 Å². The first-order valence-electron chi connectivity index (χ1n) is 18.6. The van der Waals surface area contributed by atoms with E-state index in [4.69, 9.17) is 9.84 Å². The number of fused-ring (bicyclic) bond motifs is 2. The summed E-state index contributed by atoms with van der Waals surface area (Å²) < 4.78 is 42.6. The lowest BCUT2D eigenvalue weighted by Crippen LogP contribution is -2.37. The van der Waals surface area contributed by atoms with E-state index in [1.54, 1.807) is 52.2 Å². The highest BCUT2D eigenvalue weighted by molar-refractivity contribution is 7.87. The number of aryl methyl sites for hydroxylation is 3. The Bertz CT molecular complexity index is 2500. The molecule has 3 aromatic heterocycles. The van der Waals surface area contributed by atoms with Gasteiger partial charge in [-0.2, -0.15) is 5.10 Å². The number of aromatic nitrogens is 5. The van der Waals surface area contributed by atoms with Gasteiger partial charge in [0, 0.05) is 67.8 Å². The van der Waals surface area contributed by atoms with Crippen molar-refractivity contribution in [2.24, 2.45) is 7.05 Å². The van der Waals surface area contributed by atoms with Crippen LogP contribution in [0.25, 0.3) is 28.1 Å². The Balaban J connectivity index is 1.07. The molecule has 3 aromatic carbocycles. The lowest BCUT2D eigenvalue weighted by Gasteiger charge is -2.27. The number of carbonyl (C=O) groups excluding carboxylic acids is 1. The van der Waals surface area contributed by atoms with Crippen LogP contribution in [0.3, 0.4) is 0 Å². The number of nitrogens with one attached hydrogen (secondary N) is 1. The molecule has 2 aliphatic heterocycles. The van der Waals surface area contributed by atoms with Crippen LogP contribution in [-0.4, -0.2) is 63.5 Å². The quantitative estimate of drug-likeness (QED) is 0.194. The van der Waals surface area contributed by atoms with Crippen molar-refractivity contribution >= 4 is 33.5 Å². The second-order valence-corrected chi connectivity index (χ2v) is 16.3. The summed E-state index contributed by atoms with van der Waals surface area (Å²) >= 11 is 0. The molecular formula is C41H42FN7O4S. The summed E-state index contributed by atoms with van der Waals surface area (Å²) in [5.41, 5.74) is 7.02. The topological polar surface area (TPSA) is 108 Å². The minimum Gasteiger partial charge on any atom is -0.381 e. The van der Waals surface area contributed by atoms with Gasteiger partial charge in [-0.25, -0.2) is 18.1 Å². The number of rotatable bonds is 8. The Morgan fingerprint density at radius 3 is 2.37 bits per heavy atom. The SMILES string of the molecule is Cc1cc(-n2nc3c(c2-n2ccn(-c4ccc(NS(=O)C5CC5)cc4)c2=O)CN(C(=O)c2cc4cc(C5CCOCC5)ccc4n2C)CC3)cc(C)c1F. The molecule has 1 unspecified atom stereocenters. The number of hydrogen-bond acceptors (Lipinski definition) is 5. The molecule has 0 radical (unpaired) electrons. The summed E-state index contributed by atoms with van der Waals surface area (Å²) in [7, 11) is 0.803. The fourth-order valence-electron chi connectivity index (χ4n) is 7.93. The zero-order chi connectivity index (χ0) is 37.2. The fourth-order valence-corrected chi connectivity index (χ4v) is 9.03. The first-order valence-corrected chi connectivity index (χ1v) is 19.8. The average Bonchev–Trinajstić information content (AvgIpc) is 3.78. The third-order valence-electron chi connectivity index (χ3n) is 11.1. The van der Waals surface area contributed by atoms with E-state index in [1.165, 1.54) is 5.56 Å². The normalized spacial score (nSPS) is 16.9. The van der Waals surface area contributed by atoms with Crippen LogP contribution in [0.15, 0.2) is 77.9 Å². The standard InChI is InChI=1S/C41H42FN7O4S/c1-25-20-32(21-26(2)38(25)42)49-39(48-17-16-47(41(48)51)31-7-5-30(6-8-31)44-54(52)33-9-10-33)34-24-46(15-12-35(34)43-49)40(50)37-23-29-22-28(4-11-36(29)45(37)3)27-13-18-53-19-14-27/h4-8,11,16-17,20-23,27,33,44H,9-10,12-15,18-19,24H2,1-3H3. The van der Waals surface area contributed by atoms with Crippen LogP contribution in [0.4, 0.5) is 10.1 Å². The fraction of sp³-hybridized carbons (Fsp3) is 0.341. The first kappa shape index (κ1) is 34.5. The maximum Gasteiger partial charge on any atom is 0.338 e. The Labute approximate surface area is 314 Å². The van der Waals surface area contributed by atoms with Gasteiger partial charge in [-0.05, 0) is 117 Å². The van der Waals surface area contributed by atoms with E-state index >= 15 is 0 Å². The van der Waals surface area contributed by atoms with E-state index in [-0.39, 0.29) is 29.2 Å². The minimum atomic E-state index is -1.13. The van der Waals surface area contributed by atoms with Gasteiger partial charge in [0.25, 0.3) is 5.91 Å². The van der Waals surface area contributed by atoms with Gasteiger partial charge in [0.05, 0.1) is 28.9 Å². The van der Waals surface area contributed by atoms with Gasteiger partial charge < -0.3 is 18.9 Å². The summed E-state index contributed by atoms with van der Waals surface area (Å²) in [5, 5.41) is 6.23. The van der Waals surface area contributed by atoms with Gasteiger partial charge in [0.15, 0.2) is 0 Å². The number of ether oxygens (including phenoxy) is 1. The molecule has 1 N–H and O–H groups in total. The predicted molar refractivity (Wildman–Crippen MR) is 207 cm³/mol. The molecule has 0 spiro atoms. The number of amides is 1. The van der Waals surface area contributed by atoms with Gasteiger partial charge in [0.2, 0.25) is 0 Å². The van der Waals surface area contributed by atoms with E-state index in [9.17, 15) is 18.2 Å². The maximum absolute atomic E-state index is 14.8. The molecule has 5 heterocycles. The predicted octanol–water partition coefficient (Wildman–Crippen LogP) is 6.39. The third-order valence-corrected chi connectivity index (χ3v) is 12.6. The van der Waals surface area contributed by atoms with Gasteiger partial charge in [-0.1, -0.05) is 6.07 Å². The third kappa shape index (κ3) is 6.08. The molecule has 3 aliphatic rings. The monoisotopic (exact) mass is 747 g/mol. The van der Waals surface area contributed by atoms with Gasteiger partial charge >= 0.3 is 5.69 Å². The maximum atomic E-state index is 14.8. The molecule has 1 atom stereocenters. The van der Waals surface area contributed by atoms with Crippen LogP contribution in [0.5, 0.6) is 0 Å². The van der Waals surface area contributed by atoms with Gasteiger partial charge in [0.1, 0.15) is 28.3 Å². The van der Waals surface area contributed by atoms with Crippen molar-refractivity contribution in [2.45, 2.75) is 63.7 Å². The van der Waals surface area contributed by atoms with Crippen molar-refractivity contribution in [3.8, 4) is 17.2 Å². The van der Waals surface area contributed by atoms with Gasteiger partial charge in [-0.3, -0.25) is 13.9 Å². The summed E-state index contributed by atoms with van der Waals surface area (Å²) in [4.78, 5) is 30.5. The van der Waals surface area contributed by atoms with E-state index in [0.29, 0.717) is 52.9 Å². The molecule has 54 heavy (non-hydrogen) atoms. The molecule has 1 saturated heterocycles. The highest BCUT2D eigenvalue weighted by atomic mass is 32.2. The van der Waals surface area contributed by atoms with Crippen molar-refractivity contribution in [1.82, 2.24) is 28.4 Å². The smallest absolute Gasteiger partial charge is 0.338 e. The zero-order valence-electron chi connectivity index (χ0n) is 30.5. The Morgan fingerprint density at radius 1 is 0.926 bits per heavy atom. The molecule has 9 rings (SSSR count). The number of benzene rings is 3. The lowest BCUT2D eigenvalue weighted by atomic mass is 9.91. The number of imidazole rings is 1. The summed E-state index contributed by atoms with van der Waals surface area (Å²) in [6, 6.07) is 19.2. The van der Waals surface area contributed by atoms with E-state index in [2.05, 4.69) is 22.9 Å². The molecule has 1 amide bonds. The molecule has 278 valence electrons. The summed E-state index contributed by atoms with van der Waals surface area (Å²) in [6.07, 6.45) is 7.81. The highest BCUT2D eigenvalue weighted by Crippen LogP contribution is 2.33. The number of halogens is 1. The molecule has 2 fully saturated rings. The number of nitrogens with zero attached hydrogens (tertiary/aromatic N) is 6. The number of anilines is 1. The van der Waals surface area contributed by atoms with Crippen LogP contribution in [0.2, 0.25) is 0 Å². The van der Waals surface area contributed by atoms with Crippen LogP contribution in [0, 0.1) is 19.7 Å². The summed E-state index contributed by atoms with van der Waals surface area (Å²) in [5.74, 6) is 0.574. The minimum absolute atomic E-state index is 0.0969. The van der Waals surface area contributed by atoms with Gasteiger partial charge in [-0.15, -0.1) is 0 Å². The molecule has 0 bridgehead atoms. The Kier molecular flexibility index (Phi) is 8.65. The van der Waals surface area contributed by atoms with Crippen molar-refractivity contribution in [1.29, 1.82) is 0 Å². The highest BCUT2D eigenvalue weighted by Gasteiger charge is 2.32. The Morgan fingerprint density at radius 2 is 1.65 bits per heavy atom. The summed E-state index contributed by atoms with van der Waals surface area (Å²) in [6.45, 7) is 5.67. The van der Waals surface area contributed by atoms with E-state index < -0.39 is 11.0 Å². The average molecular weight is 748 g/mol. The van der Waals surface area contributed by atoms with Crippen LogP contribution >= 0.6 is 0 Å². The molecular weight excluding hydrogens is 706 g/mol. The molecule has 13 heteroatoms. The van der Waals surface area contributed by atoms with Crippen LogP contribution in [-0.2, 0) is 35.7 Å². The van der Waals surface area contributed by atoms with E-state index in [1.807, 2.05) is 46.8 Å². The van der Waals surface area contributed by atoms with Crippen molar-refractivity contribution in [3.63, 3.8) is 0 Å². The first-order chi connectivity index (χ1) is 26.1. The zero-order valence-corrected chi connectivity index (χ0v) is 31.4. The molecule has 6 aromatic rings. The lowest BCUT2D eigenvalue weighted by molar-refractivity contribution is 0.0725. The van der Waals surface area contributed by atoms with Crippen molar-refractivity contribution in [2.75, 3.05) is 24.5 Å². The number of carbonyl (C=O) groups is 1. The Hall–Kier alpha value is -5.27. The number of hydrogen-bond donors (Lipinski definition) is 1. The second-order valence-electron chi connectivity index (χ2n) is 14.8. The van der Waals surface area contributed by atoms with Crippen molar-refractivity contribution < 1.29 is 18.1 Å². The van der Waals surface area contributed by atoms with Crippen LogP contribution < -0.4 is 10.4 Å². The molecule has 1 aliphatic carbocycles. The molecule has 11 nitrogen and oxygen atoms in total. The second kappa shape index (κ2) is 13.5. The van der Waals surface area contributed by atoms with Crippen molar-refractivity contribution in [3.05, 3.63) is 123 Å².